The molecule has 2 aromatic carbocycles. The highest BCUT2D eigenvalue weighted by Crippen LogP contribution is 2.26. The van der Waals surface area contributed by atoms with Crippen molar-refractivity contribution in [2.45, 2.75) is 26.3 Å². The molecule has 0 fully saturated rings. The molecule has 0 saturated carbocycles. The van der Waals surface area contributed by atoms with Crippen LogP contribution in [0.4, 0.5) is 0 Å². The van der Waals surface area contributed by atoms with Gasteiger partial charge in [0.05, 0.1) is 6.04 Å². The molecular weight excluding hydrogens is 284 g/mol. The van der Waals surface area contributed by atoms with Crippen LogP contribution in [0.3, 0.4) is 0 Å². The minimum absolute atomic E-state index is 0.109. The average molecular weight is 306 g/mol. The van der Waals surface area contributed by atoms with E-state index in [-0.39, 0.29) is 11.8 Å². The summed E-state index contributed by atoms with van der Waals surface area (Å²) < 4.78 is 0. The summed E-state index contributed by atoms with van der Waals surface area (Å²) in [6, 6.07) is 15.7. The first-order valence-electron chi connectivity index (χ1n) is 8.17. The molecule has 1 atom stereocenters. The summed E-state index contributed by atoms with van der Waals surface area (Å²) in [4.78, 5) is 16.4. The maximum absolute atomic E-state index is 13.1. The van der Waals surface area contributed by atoms with E-state index in [1.807, 2.05) is 55.6 Å². The topological polar surface area (TPSA) is 44.9 Å². The van der Waals surface area contributed by atoms with E-state index >= 15 is 0 Å². The van der Waals surface area contributed by atoms with E-state index in [0.717, 1.165) is 35.0 Å². The van der Waals surface area contributed by atoms with Crippen LogP contribution < -0.4 is 5.32 Å². The lowest BCUT2D eigenvalue weighted by molar-refractivity contribution is 0.0945. The van der Waals surface area contributed by atoms with Crippen LogP contribution in [0.5, 0.6) is 0 Å². The molecule has 0 saturated heterocycles. The molecule has 0 amide bonds. The normalized spacial score (nSPS) is 12.4. The maximum Gasteiger partial charge on any atom is 0.186 e. The summed E-state index contributed by atoms with van der Waals surface area (Å²) in [7, 11) is 0. The largest absolute Gasteiger partial charge is 0.360 e. The van der Waals surface area contributed by atoms with Gasteiger partial charge >= 0.3 is 0 Å². The van der Waals surface area contributed by atoms with Crippen LogP contribution in [-0.4, -0.2) is 17.3 Å². The Morgan fingerprint density at radius 1 is 1.09 bits per heavy atom. The van der Waals surface area contributed by atoms with Crippen molar-refractivity contribution < 1.29 is 4.79 Å². The number of nitrogens with one attached hydrogen (secondary N) is 2. The van der Waals surface area contributed by atoms with Crippen LogP contribution >= 0.6 is 0 Å². The Morgan fingerprint density at radius 3 is 2.57 bits per heavy atom. The average Bonchev–Trinajstić information content (AvgIpc) is 3.04. The number of benzene rings is 2. The molecule has 0 spiro atoms. The summed E-state index contributed by atoms with van der Waals surface area (Å²) in [5, 5.41) is 4.32. The summed E-state index contributed by atoms with van der Waals surface area (Å²) in [5.74, 6) is 0.109. The number of likely N-dealkylation sites (N-methyl/N-ethyl adjacent to an activating group) is 1. The molecular formula is C20H22N2O. The zero-order chi connectivity index (χ0) is 16.2. The van der Waals surface area contributed by atoms with Crippen molar-refractivity contribution in [3.63, 3.8) is 0 Å². The number of H-pyrrole nitrogens is 1. The van der Waals surface area contributed by atoms with Crippen molar-refractivity contribution in [2.24, 2.45) is 0 Å². The predicted molar refractivity (Wildman–Crippen MR) is 94.9 cm³/mol. The number of fused-ring (bicyclic) bond motifs is 1. The van der Waals surface area contributed by atoms with Gasteiger partial charge in [-0.1, -0.05) is 62.4 Å². The van der Waals surface area contributed by atoms with Crippen molar-refractivity contribution in [2.75, 3.05) is 6.54 Å². The highest BCUT2D eigenvalue weighted by Gasteiger charge is 2.23. The van der Waals surface area contributed by atoms with Gasteiger partial charge in [0.25, 0.3) is 0 Å². The molecule has 0 radical (unpaired) electrons. The Hall–Kier alpha value is -2.39. The van der Waals surface area contributed by atoms with Gasteiger partial charge in [-0.25, -0.2) is 0 Å². The Bertz CT molecular complexity index is 805. The monoisotopic (exact) mass is 306 g/mol. The van der Waals surface area contributed by atoms with Gasteiger partial charge in [0.2, 0.25) is 0 Å². The fourth-order valence-electron chi connectivity index (χ4n) is 3.08. The molecule has 0 aliphatic rings. The van der Waals surface area contributed by atoms with Gasteiger partial charge in [-0.15, -0.1) is 0 Å². The summed E-state index contributed by atoms with van der Waals surface area (Å²) in [6.07, 6.45) is 2.79. The second-order valence-electron chi connectivity index (χ2n) is 5.66. The minimum Gasteiger partial charge on any atom is -0.360 e. The van der Waals surface area contributed by atoms with E-state index in [1.54, 1.807) is 0 Å². The number of carbonyl (C=O) groups is 1. The lowest BCUT2D eigenvalue weighted by Crippen LogP contribution is -2.28. The zero-order valence-electron chi connectivity index (χ0n) is 13.6. The van der Waals surface area contributed by atoms with Crippen molar-refractivity contribution >= 4 is 16.7 Å². The fourth-order valence-corrected chi connectivity index (χ4v) is 3.08. The summed E-state index contributed by atoms with van der Waals surface area (Å²) in [6.45, 7) is 4.89. The standard InChI is InChI=1S/C20H22N2O/c1-3-14-11-8-12-16-17(13-22-18(14)16)20(23)19(21-4-2)15-9-6-5-7-10-15/h5-13,19,21-22H,3-4H2,1-2H3/t19-/m1/s1. The molecule has 3 aromatic rings. The molecule has 3 nitrogen and oxygen atoms in total. The molecule has 0 aliphatic heterocycles. The van der Waals surface area contributed by atoms with E-state index in [4.69, 9.17) is 0 Å². The number of rotatable bonds is 6. The Labute approximate surface area is 136 Å². The number of carbonyl (C=O) groups excluding carboxylic acids is 1. The van der Waals surface area contributed by atoms with Crippen LogP contribution in [0.1, 0.15) is 41.4 Å². The number of aromatic nitrogens is 1. The quantitative estimate of drug-likeness (QED) is 0.668. The van der Waals surface area contributed by atoms with E-state index in [0.29, 0.717) is 0 Å². The van der Waals surface area contributed by atoms with Gasteiger partial charge < -0.3 is 10.3 Å². The van der Waals surface area contributed by atoms with Crippen LogP contribution in [0, 0.1) is 0 Å². The molecule has 0 bridgehead atoms. The molecule has 23 heavy (non-hydrogen) atoms. The fraction of sp³-hybridized carbons (Fsp3) is 0.250. The van der Waals surface area contributed by atoms with Gasteiger partial charge in [0.15, 0.2) is 5.78 Å². The SMILES string of the molecule is CCN[C@@H](C(=O)c1c[nH]c2c(CC)cccc12)c1ccccc1. The molecule has 3 rings (SSSR count). The van der Waals surface area contributed by atoms with Gasteiger partial charge in [-0.05, 0) is 24.1 Å². The highest BCUT2D eigenvalue weighted by atomic mass is 16.1. The van der Waals surface area contributed by atoms with Gasteiger partial charge in [-0.2, -0.15) is 0 Å². The molecule has 0 aliphatic carbocycles. The third-order valence-corrected chi connectivity index (χ3v) is 4.25. The Morgan fingerprint density at radius 2 is 1.87 bits per heavy atom. The maximum atomic E-state index is 13.1. The van der Waals surface area contributed by atoms with Gasteiger partial charge in [0, 0.05) is 22.7 Å². The van der Waals surface area contributed by atoms with Crippen molar-refractivity contribution in [3.05, 3.63) is 71.4 Å². The lowest BCUT2D eigenvalue weighted by atomic mass is 9.96. The summed E-state index contributed by atoms with van der Waals surface area (Å²) in [5.41, 5.74) is 4.06. The lowest BCUT2D eigenvalue weighted by Gasteiger charge is -2.17. The number of hydrogen-bond donors (Lipinski definition) is 2. The van der Waals surface area contributed by atoms with Crippen LogP contribution in [0.25, 0.3) is 10.9 Å². The van der Waals surface area contributed by atoms with E-state index < -0.39 is 0 Å². The Kier molecular flexibility index (Phi) is 4.58. The van der Waals surface area contributed by atoms with Gasteiger partial charge in [0.1, 0.15) is 0 Å². The van der Waals surface area contributed by atoms with E-state index in [9.17, 15) is 4.79 Å². The molecule has 1 heterocycles. The molecule has 0 unspecified atom stereocenters. The first kappa shape index (κ1) is 15.5. The number of hydrogen-bond acceptors (Lipinski definition) is 2. The highest BCUT2D eigenvalue weighted by molar-refractivity contribution is 6.11. The zero-order valence-corrected chi connectivity index (χ0v) is 13.6. The second kappa shape index (κ2) is 6.80. The van der Waals surface area contributed by atoms with E-state index in [1.165, 1.54) is 5.56 Å². The van der Waals surface area contributed by atoms with E-state index in [2.05, 4.69) is 23.3 Å². The first-order chi connectivity index (χ1) is 11.3. The second-order valence-corrected chi connectivity index (χ2v) is 5.66. The number of aryl methyl sites for hydroxylation is 1. The van der Waals surface area contributed by atoms with Gasteiger partial charge in [-0.3, -0.25) is 4.79 Å². The number of Topliss-reactive ketones (excluding diaryl/α,β-unsaturated/α-hetero) is 1. The van der Waals surface area contributed by atoms with Crippen LogP contribution in [0.2, 0.25) is 0 Å². The van der Waals surface area contributed by atoms with Crippen LogP contribution in [0.15, 0.2) is 54.7 Å². The Balaban J connectivity index is 2.04. The third kappa shape index (κ3) is 2.92. The van der Waals surface area contributed by atoms with Crippen molar-refractivity contribution in [3.8, 4) is 0 Å². The van der Waals surface area contributed by atoms with Crippen molar-refractivity contribution in [1.82, 2.24) is 10.3 Å². The van der Waals surface area contributed by atoms with Crippen LogP contribution in [-0.2, 0) is 6.42 Å². The minimum atomic E-state index is -0.314. The predicted octanol–water partition coefficient (Wildman–Crippen LogP) is 4.26. The molecule has 2 N–H and O–H groups in total. The number of aromatic amines is 1. The molecule has 1 aromatic heterocycles. The molecule has 3 heteroatoms. The third-order valence-electron chi connectivity index (χ3n) is 4.25. The summed E-state index contributed by atoms with van der Waals surface area (Å²) >= 11 is 0. The smallest absolute Gasteiger partial charge is 0.186 e. The molecule has 118 valence electrons. The van der Waals surface area contributed by atoms with Crippen molar-refractivity contribution in [1.29, 1.82) is 0 Å². The number of para-hydroxylation sites is 1. The first-order valence-corrected chi connectivity index (χ1v) is 8.17. The number of ketones is 1.